The summed E-state index contributed by atoms with van der Waals surface area (Å²) in [5.74, 6) is 1.00. The Morgan fingerprint density at radius 2 is 1.48 bits per heavy atom. The summed E-state index contributed by atoms with van der Waals surface area (Å²) in [6.45, 7) is 2.83. The summed E-state index contributed by atoms with van der Waals surface area (Å²) in [4.78, 5) is 5.15. The maximum atomic E-state index is 5.15. The van der Waals surface area contributed by atoms with Crippen LogP contribution in [0.25, 0.3) is 38.4 Å². The van der Waals surface area contributed by atoms with Crippen LogP contribution in [0.4, 0.5) is 5.82 Å². The fourth-order valence-electron chi connectivity index (χ4n) is 4.56. The standard InChI is InChI=1S/C29H22BrN3/c1-19-8-2-5-11-23(19)27-29(33-17-16-21-10-4-7-13-25(21)28(33)32-27)31-18-22-15-14-20-9-3-6-12-24(20)26(22)30/h2-17,31H,18H2,1H3. The van der Waals surface area contributed by atoms with Crippen molar-refractivity contribution < 1.29 is 0 Å². The molecule has 0 amide bonds. The van der Waals surface area contributed by atoms with Crippen molar-refractivity contribution in [1.82, 2.24) is 9.38 Å². The van der Waals surface area contributed by atoms with Crippen LogP contribution in [0.1, 0.15) is 11.1 Å². The molecule has 1 N–H and O–H groups in total. The van der Waals surface area contributed by atoms with E-state index in [1.165, 1.54) is 27.3 Å². The number of nitrogens with one attached hydrogen (secondary N) is 1. The first-order valence-corrected chi connectivity index (χ1v) is 11.9. The molecular formula is C29H22BrN3. The molecule has 33 heavy (non-hydrogen) atoms. The van der Waals surface area contributed by atoms with Gasteiger partial charge in [0.2, 0.25) is 0 Å². The first-order chi connectivity index (χ1) is 16.2. The van der Waals surface area contributed by atoms with E-state index in [1.807, 2.05) is 0 Å². The minimum atomic E-state index is 0.685. The third kappa shape index (κ3) is 3.38. The average molecular weight is 492 g/mol. The van der Waals surface area contributed by atoms with E-state index in [9.17, 15) is 0 Å². The lowest BCUT2D eigenvalue weighted by molar-refractivity contribution is 1.08. The van der Waals surface area contributed by atoms with Crippen molar-refractivity contribution in [2.24, 2.45) is 0 Å². The highest BCUT2D eigenvalue weighted by Crippen LogP contribution is 2.35. The monoisotopic (exact) mass is 491 g/mol. The molecule has 6 aromatic rings. The van der Waals surface area contributed by atoms with E-state index in [4.69, 9.17) is 4.98 Å². The van der Waals surface area contributed by atoms with Gasteiger partial charge >= 0.3 is 0 Å². The molecular weight excluding hydrogens is 470 g/mol. The number of halogens is 1. The van der Waals surface area contributed by atoms with E-state index in [0.717, 1.165) is 32.6 Å². The normalized spacial score (nSPS) is 11.5. The maximum Gasteiger partial charge on any atom is 0.147 e. The van der Waals surface area contributed by atoms with Crippen LogP contribution < -0.4 is 5.32 Å². The molecule has 0 bridgehead atoms. The second-order valence-corrected chi connectivity index (χ2v) is 9.13. The molecule has 0 aliphatic heterocycles. The Morgan fingerprint density at radius 3 is 2.30 bits per heavy atom. The maximum absolute atomic E-state index is 5.15. The third-order valence-electron chi connectivity index (χ3n) is 6.31. The highest BCUT2D eigenvalue weighted by molar-refractivity contribution is 9.10. The average Bonchev–Trinajstić information content (AvgIpc) is 3.23. The highest BCUT2D eigenvalue weighted by Gasteiger charge is 2.17. The minimum absolute atomic E-state index is 0.685. The number of pyridine rings is 1. The van der Waals surface area contributed by atoms with Crippen LogP contribution in [0.5, 0.6) is 0 Å². The van der Waals surface area contributed by atoms with Crippen LogP contribution in [-0.4, -0.2) is 9.38 Å². The van der Waals surface area contributed by atoms with E-state index >= 15 is 0 Å². The van der Waals surface area contributed by atoms with Gasteiger partial charge in [0.15, 0.2) is 0 Å². The van der Waals surface area contributed by atoms with Gasteiger partial charge in [-0.2, -0.15) is 0 Å². The van der Waals surface area contributed by atoms with E-state index in [1.54, 1.807) is 0 Å². The predicted molar refractivity (Wildman–Crippen MR) is 142 cm³/mol. The van der Waals surface area contributed by atoms with Crippen molar-refractivity contribution in [2.45, 2.75) is 13.5 Å². The van der Waals surface area contributed by atoms with Gasteiger partial charge in [0.25, 0.3) is 0 Å². The SMILES string of the molecule is Cc1ccccc1-c1nc2c3ccccc3ccn2c1NCc1ccc2ccccc2c1Br. The molecule has 2 aromatic heterocycles. The lowest BCUT2D eigenvalue weighted by Crippen LogP contribution is -2.04. The summed E-state index contributed by atoms with van der Waals surface area (Å²) in [5.41, 5.74) is 5.50. The Labute approximate surface area is 200 Å². The van der Waals surface area contributed by atoms with Crippen molar-refractivity contribution in [3.8, 4) is 11.3 Å². The summed E-state index contributed by atoms with van der Waals surface area (Å²) in [5, 5.41) is 8.51. The minimum Gasteiger partial charge on any atom is -0.365 e. The fraction of sp³-hybridized carbons (Fsp3) is 0.0690. The van der Waals surface area contributed by atoms with Crippen molar-refractivity contribution in [2.75, 3.05) is 5.32 Å². The number of rotatable bonds is 4. The van der Waals surface area contributed by atoms with Gasteiger partial charge in [-0.15, -0.1) is 0 Å². The molecule has 160 valence electrons. The molecule has 0 aliphatic carbocycles. The van der Waals surface area contributed by atoms with Gasteiger partial charge in [-0.3, -0.25) is 4.40 Å². The second kappa shape index (κ2) is 8.05. The third-order valence-corrected chi connectivity index (χ3v) is 7.24. The van der Waals surface area contributed by atoms with Crippen molar-refractivity contribution in [1.29, 1.82) is 0 Å². The summed E-state index contributed by atoms with van der Waals surface area (Å²) >= 11 is 3.84. The predicted octanol–water partition coefficient (Wildman–Crippen LogP) is 7.99. The second-order valence-electron chi connectivity index (χ2n) is 8.33. The fourth-order valence-corrected chi connectivity index (χ4v) is 5.19. The topological polar surface area (TPSA) is 29.3 Å². The first-order valence-electron chi connectivity index (χ1n) is 11.1. The van der Waals surface area contributed by atoms with Crippen molar-refractivity contribution in [3.63, 3.8) is 0 Å². The highest BCUT2D eigenvalue weighted by atomic mass is 79.9. The largest absolute Gasteiger partial charge is 0.365 e. The molecule has 0 fully saturated rings. The molecule has 6 rings (SSSR count). The molecule has 0 radical (unpaired) electrons. The van der Waals surface area contributed by atoms with Crippen LogP contribution in [0.3, 0.4) is 0 Å². The molecule has 0 atom stereocenters. The smallest absolute Gasteiger partial charge is 0.147 e. The number of nitrogens with zero attached hydrogens (tertiary/aromatic N) is 2. The summed E-state index contributed by atoms with van der Waals surface area (Å²) in [6.07, 6.45) is 2.12. The molecule has 3 nitrogen and oxygen atoms in total. The van der Waals surface area contributed by atoms with E-state index < -0.39 is 0 Å². The quantitative estimate of drug-likeness (QED) is 0.270. The van der Waals surface area contributed by atoms with Gasteiger partial charge in [-0.1, -0.05) is 84.9 Å². The molecule has 0 saturated heterocycles. The molecule has 0 unspecified atom stereocenters. The summed E-state index contributed by atoms with van der Waals surface area (Å²) in [7, 11) is 0. The van der Waals surface area contributed by atoms with Gasteiger partial charge in [0.1, 0.15) is 17.2 Å². The van der Waals surface area contributed by atoms with Crippen molar-refractivity contribution >= 4 is 48.9 Å². The van der Waals surface area contributed by atoms with Crippen LogP contribution in [-0.2, 0) is 6.54 Å². The zero-order valence-corrected chi connectivity index (χ0v) is 19.8. The van der Waals surface area contributed by atoms with Crippen molar-refractivity contribution in [3.05, 3.63) is 113 Å². The number of imidazole rings is 1. The number of fused-ring (bicyclic) bond motifs is 4. The summed E-state index contributed by atoms with van der Waals surface area (Å²) in [6, 6.07) is 31.8. The van der Waals surface area contributed by atoms with Crippen LogP contribution in [0.15, 0.2) is 102 Å². The van der Waals surface area contributed by atoms with E-state index in [0.29, 0.717) is 6.54 Å². The lowest BCUT2D eigenvalue weighted by atomic mass is 10.1. The summed E-state index contributed by atoms with van der Waals surface area (Å²) < 4.78 is 3.31. The number of benzene rings is 4. The van der Waals surface area contributed by atoms with Gasteiger partial charge in [0.05, 0.1) is 0 Å². The van der Waals surface area contributed by atoms with Crippen LogP contribution in [0.2, 0.25) is 0 Å². The Hall–Kier alpha value is -3.63. The molecule has 2 heterocycles. The van der Waals surface area contributed by atoms with Gasteiger partial charge in [0, 0.05) is 28.2 Å². The molecule has 4 heteroatoms. The zero-order valence-electron chi connectivity index (χ0n) is 18.2. The Bertz CT molecular complexity index is 1650. The molecule has 4 aromatic carbocycles. The van der Waals surface area contributed by atoms with E-state index in [2.05, 4.69) is 130 Å². The Balaban J connectivity index is 1.51. The Kier molecular flexibility index (Phi) is 4.88. The molecule has 0 aliphatic rings. The Morgan fingerprint density at radius 1 is 0.788 bits per heavy atom. The van der Waals surface area contributed by atoms with Crippen LogP contribution in [0, 0.1) is 6.92 Å². The first kappa shape index (κ1) is 20.0. The number of aryl methyl sites for hydroxylation is 1. The van der Waals surface area contributed by atoms with E-state index in [-0.39, 0.29) is 0 Å². The number of aromatic nitrogens is 2. The van der Waals surface area contributed by atoms with Gasteiger partial charge < -0.3 is 5.32 Å². The molecule has 0 saturated carbocycles. The van der Waals surface area contributed by atoms with Crippen LogP contribution >= 0.6 is 15.9 Å². The lowest BCUT2D eigenvalue weighted by Gasteiger charge is -2.13. The van der Waals surface area contributed by atoms with Gasteiger partial charge in [-0.25, -0.2) is 4.98 Å². The number of hydrogen-bond acceptors (Lipinski definition) is 2. The number of hydrogen-bond donors (Lipinski definition) is 1. The zero-order chi connectivity index (χ0) is 22.4. The van der Waals surface area contributed by atoms with Gasteiger partial charge in [-0.05, 0) is 56.2 Å². The molecule has 0 spiro atoms. The number of anilines is 1.